The molecule has 2 aliphatic heterocycles. The number of piperidine rings is 1. The van der Waals surface area contributed by atoms with Crippen molar-refractivity contribution in [1.82, 2.24) is 14.9 Å². The van der Waals surface area contributed by atoms with Gasteiger partial charge in [-0.15, -0.1) is 0 Å². The number of rotatable bonds is 6. The van der Waals surface area contributed by atoms with Crippen LogP contribution in [0.15, 0.2) is 48.0 Å². The molecule has 0 saturated carbocycles. The Morgan fingerprint density at radius 2 is 1.95 bits per heavy atom. The molecule has 5 rings (SSSR count). The SMILES string of the molecule is CCNc1nc2ccc(-c3ccc4c(c3)C/C=C(/CC(=O)N3CCC(C(C)(F)F)CC3)CCO4)cc2[nH]1. The highest BCUT2D eigenvalue weighted by Gasteiger charge is 2.37. The zero-order valence-corrected chi connectivity index (χ0v) is 21.4. The van der Waals surface area contributed by atoms with Gasteiger partial charge >= 0.3 is 0 Å². The molecule has 6 nitrogen and oxygen atoms in total. The lowest BCUT2D eigenvalue weighted by Crippen LogP contribution is -2.42. The number of ether oxygens (including phenoxy) is 1. The monoisotopic (exact) mass is 508 g/mol. The number of amides is 1. The molecule has 8 heteroatoms. The van der Waals surface area contributed by atoms with Crippen LogP contribution >= 0.6 is 0 Å². The fourth-order valence-electron chi connectivity index (χ4n) is 5.25. The van der Waals surface area contributed by atoms with Gasteiger partial charge in [0, 0.05) is 38.4 Å². The number of hydrogen-bond donors (Lipinski definition) is 2. The Hall–Kier alpha value is -3.42. The summed E-state index contributed by atoms with van der Waals surface area (Å²) in [4.78, 5) is 22.5. The van der Waals surface area contributed by atoms with E-state index in [9.17, 15) is 13.6 Å². The maximum absolute atomic E-state index is 13.6. The number of alkyl halides is 2. The van der Waals surface area contributed by atoms with Crippen molar-refractivity contribution in [1.29, 1.82) is 0 Å². The van der Waals surface area contributed by atoms with Gasteiger partial charge in [-0.3, -0.25) is 4.79 Å². The second-order valence-electron chi connectivity index (χ2n) is 10.1. The molecule has 196 valence electrons. The summed E-state index contributed by atoms with van der Waals surface area (Å²) in [5.41, 5.74) is 6.18. The summed E-state index contributed by atoms with van der Waals surface area (Å²) in [5, 5.41) is 3.21. The number of likely N-dealkylation sites (tertiary alicyclic amines) is 1. The first-order valence-corrected chi connectivity index (χ1v) is 13.1. The van der Waals surface area contributed by atoms with Crippen LogP contribution in [0.3, 0.4) is 0 Å². The molecule has 0 radical (unpaired) electrons. The van der Waals surface area contributed by atoms with E-state index < -0.39 is 11.8 Å². The number of carbonyl (C=O) groups excluding carboxylic acids is 1. The summed E-state index contributed by atoms with van der Waals surface area (Å²) in [6.45, 7) is 5.12. The molecule has 37 heavy (non-hydrogen) atoms. The van der Waals surface area contributed by atoms with Gasteiger partial charge in [-0.2, -0.15) is 0 Å². The summed E-state index contributed by atoms with van der Waals surface area (Å²) < 4.78 is 33.3. The van der Waals surface area contributed by atoms with E-state index in [1.54, 1.807) is 4.90 Å². The zero-order chi connectivity index (χ0) is 26.0. The predicted octanol–water partition coefficient (Wildman–Crippen LogP) is 6.20. The number of hydrogen-bond acceptors (Lipinski definition) is 4. The second-order valence-corrected chi connectivity index (χ2v) is 10.1. The number of nitrogens with one attached hydrogen (secondary N) is 2. The van der Waals surface area contributed by atoms with Crippen LogP contribution in [-0.2, 0) is 11.2 Å². The van der Waals surface area contributed by atoms with Gasteiger partial charge < -0.3 is 19.9 Å². The molecule has 3 aromatic rings. The number of imidazole rings is 1. The highest BCUT2D eigenvalue weighted by molar-refractivity contribution is 5.84. The van der Waals surface area contributed by atoms with Gasteiger partial charge in [0.25, 0.3) is 0 Å². The minimum atomic E-state index is -2.68. The van der Waals surface area contributed by atoms with Crippen molar-refractivity contribution < 1.29 is 18.3 Å². The Bertz CT molecular complexity index is 1300. The highest BCUT2D eigenvalue weighted by Crippen LogP contribution is 2.34. The first kappa shape index (κ1) is 25.2. The van der Waals surface area contributed by atoms with Crippen LogP contribution in [0.1, 0.15) is 45.1 Å². The zero-order valence-electron chi connectivity index (χ0n) is 21.4. The Morgan fingerprint density at radius 1 is 1.19 bits per heavy atom. The van der Waals surface area contributed by atoms with Crippen molar-refractivity contribution in [2.24, 2.45) is 5.92 Å². The molecule has 2 aromatic carbocycles. The highest BCUT2D eigenvalue weighted by atomic mass is 19.3. The van der Waals surface area contributed by atoms with E-state index in [0.29, 0.717) is 51.8 Å². The largest absolute Gasteiger partial charge is 0.493 e. The number of anilines is 1. The summed E-state index contributed by atoms with van der Waals surface area (Å²) in [6.07, 6.45) is 4.52. The lowest BCUT2D eigenvalue weighted by Gasteiger charge is -2.34. The minimum absolute atomic E-state index is 0.0171. The van der Waals surface area contributed by atoms with Crippen LogP contribution in [0.4, 0.5) is 14.7 Å². The molecule has 1 aromatic heterocycles. The van der Waals surface area contributed by atoms with Crippen LogP contribution in [-0.4, -0.2) is 52.9 Å². The molecule has 0 atom stereocenters. The fourth-order valence-corrected chi connectivity index (χ4v) is 5.25. The number of aromatic nitrogens is 2. The van der Waals surface area contributed by atoms with E-state index in [1.165, 1.54) is 0 Å². The van der Waals surface area contributed by atoms with E-state index >= 15 is 0 Å². The summed E-state index contributed by atoms with van der Waals surface area (Å²) in [5.74, 6) is -1.67. The van der Waals surface area contributed by atoms with Gasteiger partial charge in [0.15, 0.2) is 0 Å². The van der Waals surface area contributed by atoms with E-state index in [0.717, 1.165) is 58.5 Å². The number of nitrogens with zero attached hydrogens (tertiary/aromatic N) is 2. The molecule has 2 N–H and O–H groups in total. The molecule has 1 amide bonds. The third kappa shape index (κ3) is 5.78. The number of halogens is 2. The average molecular weight is 509 g/mol. The number of fused-ring (bicyclic) bond motifs is 2. The van der Waals surface area contributed by atoms with Crippen molar-refractivity contribution in [3.8, 4) is 16.9 Å². The van der Waals surface area contributed by atoms with Crippen molar-refractivity contribution in [3.63, 3.8) is 0 Å². The number of benzene rings is 2. The van der Waals surface area contributed by atoms with Gasteiger partial charge in [-0.25, -0.2) is 13.8 Å². The Kier molecular flexibility index (Phi) is 7.17. The van der Waals surface area contributed by atoms with E-state index in [1.807, 2.05) is 19.1 Å². The first-order chi connectivity index (χ1) is 17.8. The van der Waals surface area contributed by atoms with Gasteiger partial charge in [-0.05, 0) is 74.1 Å². The number of aromatic amines is 1. The summed E-state index contributed by atoms with van der Waals surface area (Å²) >= 11 is 0. The van der Waals surface area contributed by atoms with Gasteiger partial charge in [0.05, 0.1) is 17.6 Å². The van der Waals surface area contributed by atoms with E-state index in [2.05, 4.69) is 45.6 Å². The molecular weight excluding hydrogens is 474 g/mol. The maximum atomic E-state index is 13.6. The molecule has 0 unspecified atom stereocenters. The topological polar surface area (TPSA) is 70.2 Å². The van der Waals surface area contributed by atoms with Crippen molar-refractivity contribution >= 4 is 22.9 Å². The quantitative estimate of drug-likeness (QED) is 0.389. The van der Waals surface area contributed by atoms with Crippen LogP contribution in [0, 0.1) is 5.92 Å². The number of H-pyrrole nitrogens is 1. The van der Waals surface area contributed by atoms with E-state index in [-0.39, 0.29) is 5.91 Å². The molecular formula is C29H34F2N4O2. The summed E-state index contributed by atoms with van der Waals surface area (Å²) in [6, 6.07) is 12.4. The van der Waals surface area contributed by atoms with Crippen LogP contribution in [0.25, 0.3) is 22.2 Å². The molecule has 1 fully saturated rings. The fraction of sp³-hybridized carbons (Fsp3) is 0.448. The third-order valence-corrected chi connectivity index (χ3v) is 7.45. The number of allylic oxidation sites excluding steroid dienone is 1. The normalized spacial score (nSPS) is 18.4. The van der Waals surface area contributed by atoms with Crippen molar-refractivity contribution in [3.05, 3.63) is 53.6 Å². The van der Waals surface area contributed by atoms with E-state index in [4.69, 9.17) is 4.74 Å². The first-order valence-electron chi connectivity index (χ1n) is 13.1. The molecule has 0 aliphatic carbocycles. The maximum Gasteiger partial charge on any atom is 0.248 e. The Morgan fingerprint density at radius 3 is 2.70 bits per heavy atom. The standard InChI is InChI=1S/C29H34F2N4O2/c1-3-32-28-33-24-8-6-21(18-25(24)34-28)20-7-9-26-22(17-20)5-4-19(12-15-37-26)16-27(36)35-13-10-23(11-14-35)29(2,30)31/h4,6-9,17-18,23H,3,5,10-16H2,1-2H3,(H2,32,33,34)/b19-4+. The van der Waals surface area contributed by atoms with Gasteiger partial charge in [0.1, 0.15) is 5.75 Å². The van der Waals surface area contributed by atoms with Gasteiger partial charge in [-0.1, -0.05) is 23.8 Å². The third-order valence-electron chi connectivity index (χ3n) is 7.45. The predicted molar refractivity (Wildman–Crippen MR) is 142 cm³/mol. The van der Waals surface area contributed by atoms with Crippen LogP contribution < -0.4 is 10.1 Å². The second kappa shape index (κ2) is 10.5. The molecule has 1 saturated heterocycles. The average Bonchev–Trinajstić information content (AvgIpc) is 3.27. The van der Waals surface area contributed by atoms with Crippen molar-refractivity contribution in [2.45, 2.75) is 51.9 Å². The molecule has 0 bridgehead atoms. The van der Waals surface area contributed by atoms with Crippen molar-refractivity contribution in [2.75, 3.05) is 31.6 Å². The van der Waals surface area contributed by atoms with Crippen LogP contribution in [0.2, 0.25) is 0 Å². The van der Waals surface area contributed by atoms with Gasteiger partial charge in [0.2, 0.25) is 17.8 Å². The van der Waals surface area contributed by atoms with Crippen LogP contribution in [0.5, 0.6) is 5.75 Å². The molecule has 3 heterocycles. The lowest BCUT2D eigenvalue weighted by molar-refractivity contribution is -0.134. The Labute approximate surface area is 216 Å². The molecule has 2 aliphatic rings. The smallest absolute Gasteiger partial charge is 0.248 e. The summed E-state index contributed by atoms with van der Waals surface area (Å²) in [7, 11) is 0. The Balaban J connectivity index is 1.27. The molecule has 0 spiro atoms. The lowest BCUT2D eigenvalue weighted by atomic mass is 9.91. The minimum Gasteiger partial charge on any atom is -0.493 e. The number of carbonyl (C=O) groups is 1.